The third kappa shape index (κ3) is 5.44. The highest BCUT2D eigenvalue weighted by Gasteiger charge is 2.14. The Morgan fingerprint density at radius 2 is 1.78 bits per heavy atom. The van der Waals surface area contributed by atoms with Crippen LogP contribution in [0.5, 0.6) is 0 Å². The predicted molar refractivity (Wildman–Crippen MR) is 111 cm³/mol. The number of nitrogens with one attached hydrogen (secondary N) is 2. The van der Waals surface area contributed by atoms with Crippen LogP contribution in [-0.2, 0) is 0 Å². The molecule has 27 heavy (non-hydrogen) atoms. The van der Waals surface area contributed by atoms with Crippen molar-refractivity contribution in [2.24, 2.45) is 5.92 Å². The Morgan fingerprint density at radius 1 is 1.07 bits per heavy atom. The number of hydrogen-bond acceptors (Lipinski definition) is 5. The van der Waals surface area contributed by atoms with Crippen LogP contribution >= 0.6 is 0 Å². The lowest BCUT2D eigenvalue weighted by atomic mass is 10.2. The zero-order valence-electron chi connectivity index (χ0n) is 16.4. The molecule has 0 radical (unpaired) electrons. The van der Waals surface area contributed by atoms with Gasteiger partial charge in [0.1, 0.15) is 0 Å². The molecule has 6 heteroatoms. The van der Waals surface area contributed by atoms with Gasteiger partial charge in [0.2, 0.25) is 0 Å². The highest BCUT2D eigenvalue weighted by molar-refractivity contribution is 5.94. The Labute approximate surface area is 161 Å². The molecule has 1 aliphatic rings. The third-order valence-electron chi connectivity index (χ3n) is 4.70. The van der Waals surface area contributed by atoms with Crippen molar-refractivity contribution in [3.8, 4) is 0 Å². The highest BCUT2D eigenvalue weighted by Crippen LogP contribution is 2.22. The predicted octanol–water partition coefficient (Wildman–Crippen LogP) is 2.96. The molecule has 0 bridgehead atoms. The first-order valence-electron chi connectivity index (χ1n) is 9.55. The van der Waals surface area contributed by atoms with E-state index in [0.717, 1.165) is 37.6 Å². The molecule has 2 N–H and O–H groups in total. The van der Waals surface area contributed by atoms with Gasteiger partial charge < -0.3 is 20.4 Å². The van der Waals surface area contributed by atoms with Crippen molar-refractivity contribution in [1.82, 2.24) is 15.2 Å². The maximum Gasteiger partial charge on any atom is 0.252 e. The molecule has 0 atom stereocenters. The van der Waals surface area contributed by atoms with Gasteiger partial charge in [-0.2, -0.15) is 0 Å². The lowest BCUT2D eigenvalue weighted by Gasteiger charge is -2.34. The molecule has 2 heterocycles. The molecule has 2 aromatic rings. The number of benzene rings is 1. The number of nitrogens with zero attached hydrogens (tertiary/aromatic N) is 3. The van der Waals surface area contributed by atoms with E-state index >= 15 is 0 Å². The highest BCUT2D eigenvalue weighted by atomic mass is 16.1. The molecule has 1 aromatic heterocycles. The molecular weight excluding hydrogens is 338 g/mol. The number of pyridine rings is 1. The fourth-order valence-corrected chi connectivity index (χ4v) is 3.02. The zero-order chi connectivity index (χ0) is 19.2. The van der Waals surface area contributed by atoms with Gasteiger partial charge >= 0.3 is 0 Å². The molecule has 1 saturated heterocycles. The number of amides is 1. The molecule has 1 aliphatic heterocycles. The van der Waals surface area contributed by atoms with Gasteiger partial charge in [-0.15, -0.1) is 0 Å². The van der Waals surface area contributed by atoms with Crippen molar-refractivity contribution >= 4 is 23.0 Å². The molecule has 1 aromatic carbocycles. The second-order valence-electron chi connectivity index (χ2n) is 7.53. The van der Waals surface area contributed by atoms with Gasteiger partial charge in [0.05, 0.1) is 17.4 Å². The SMILES string of the molecule is CC(C)CNC(=O)c1cncc(Nc2ccc(N3CCN(C)CC3)cc2)c1. The van der Waals surface area contributed by atoms with Crippen molar-refractivity contribution in [3.05, 3.63) is 48.3 Å². The molecule has 144 valence electrons. The van der Waals surface area contributed by atoms with Crippen molar-refractivity contribution < 1.29 is 4.79 Å². The number of piperazine rings is 1. The van der Waals surface area contributed by atoms with E-state index in [2.05, 4.69) is 70.6 Å². The summed E-state index contributed by atoms with van der Waals surface area (Å²) in [6.07, 6.45) is 3.32. The first-order chi connectivity index (χ1) is 13.0. The van der Waals surface area contributed by atoms with E-state index in [1.165, 1.54) is 5.69 Å². The van der Waals surface area contributed by atoms with E-state index in [9.17, 15) is 4.79 Å². The van der Waals surface area contributed by atoms with Gasteiger partial charge in [0.25, 0.3) is 5.91 Å². The average Bonchev–Trinajstić information content (AvgIpc) is 2.67. The summed E-state index contributed by atoms with van der Waals surface area (Å²) >= 11 is 0. The van der Waals surface area contributed by atoms with Gasteiger partial charge in [-0.05, 0) is 43.3 Å². The van der Waals surface area contributed by atoms with Crippen LogP contribution in [0.2, 0.25) is 0 Å². The van der Waals surface area contributed by atoms with Crippen LogP contribution < -0.4 is 15.5 Å². The zero-order valence-corrected chi connectivity index (χ0v) is 16.4. The van der Waals surface area contributed by atoms with Gasteiger partial charge in [-0.1, -0.05) is 13.8 Å². The van der Waals surface area contributed by atoms with Crippen molar-refractivity contribution in [2.45, 2.75) is 13.8 Å². The Bertz CT molecular complexity index is 751. The van der Waals surface area contributed by atoms with E-state index in [-0.39, 0.29) is 5.91 Å². The maximum absolute atomic E-state index is 12.2. The summed E-state index contributed by atoms with van der Waals surface area (Å²) in [6, 6.07) is 10.2. The lowest BCUT2D eigenvalue weighted by Crippen LogP contribution is -2.44. The third-order valence-corrected chi connectivity index (χ3v) is 4.70. The maximum atomic E-state index is 12.2. The van der Waals surface area contributed by atoms with E-state index in [0.29, 0.717) is 18.0 Å². The Hall–Kier alpha value is -2.60. The average molecular weight is 367 g/mol. The van der Waals surface area contributed by atoms with Crippen LogP contribution in [-0.4, -0.2) is 55.6 Å². The summed E-state index contributed by atoms with van der Waals surface area (Å²) < 4.78 is 0. The van der Waals surface area contributed by atoms with E-state index in [1.54, 1.807) is 12.4 Å². The van der Waals surface area contributed by atoms with Crippen LogP contribution in [0.3, 0.4) is 0 Å². The topological polar surface area (TPSA) is 60.5 Å². The minimum Gasteiger partial charge on any atom is -0.369 e. The number of aromatic nitrogens is 1. The Morgan fingerprint density at radius 3 is 2.44 bits per heavy atom. The molecule has 0 unspecified atom stereocenters. The minimum atomic E-state index is -0.0923. The van der Waals surface area contributed by atoms with Crippen molar-refractivity contribution in [2.75, 3.05) is 50.0 Å². The Balaban J connectivity index is 1.62. The molecule has 0 spiro atoms. The summed E-state index contributed by atoms with van der Waals surface area (Å²) in [5.74, 6) is 0.326. The smallest absolute Gasteiger partial charge is 0.252 e. The first kappa shape index (κ1) is 19.2. The largest absolute Gasteiger partial charge is 0.369 e. The van der Waals surface area contributed by atoms with E-state index in [1.807, 2.05) is 6.07 Å². The van der Waals surface area contributed by atoms with Crippen LogP contribution in [0.15, 0.2) is 42.7 Å². The second-order valence-corrected chi connectivity index (χ2v) is 7.53. The first-order valence-corrected chi connectivity index (χ1v) is 9.55. The van der Waals surface area contributed by atoms with E-state index in [4.69, 9.17) is 0 Å². The number of hydrogen-bond donors (Lipinski definition) is 2. The quantitative estimate of drug-likeness (QED) is 0.822. The van der Waals surface area contributed by atoms with Crippen LogP contribution in [0.4, 0.5) is 17.1 Å². The molecule has 1 amide bonds. The van der Waals surface area contributed by atoms with Crippen LogP contribution in [0.1, 0.15) is 24.2 Å². The molecule has 6 nitrogen and oxygen atoms in total. The second kappa shape index (κ2) is 8.86. The lowest BCUT2D eigenvalue weighted by molar-refractivity contribution is 0.0948. The number of carbonyl (C=O) groups excluding carboxylic acids is 1. The number of rotatable bonds is 6. The van der Waals surface area contributed by atoms with Crippen LogP contribution in [0.25, 0.3) is 0 Å². The van der Waals surface area contributed by atoms with E-state index < -0.39 is 0 Å². The summed E-state index contributed by atoms with van der Waals surface area (Å²) in [5.41, 5.74) is 3.59. The number of likely N-dealkylation sites (N-methyl/N-ethyl adjacent to an activating group) is 1. The monoisotopic (exact) mass is 367 g/mol. The van der Waals surface area contributed by atoms with Crippen molar-refractivity contribution in [1.29, 1.82) is 0 Å². The Kier molecular flexibility index (Phi) is 6.29. The number of anilines is 3. The summed E-state index contributed by atoms with van der Waals surface area (Å²) in [7, 11) is 2.16. The summed E-state index contributed by atoms with van der Waals surface area (Å²) in [5, 5.41) is 6.25. The van der Waals surface area contributed by atoms with Gasteiger partial charge in [-0.25, -0.2) is 0 Å². The standard InChI is InChI=1S/C21H29N5O/c1-16(2)13-23-21(27)17-12-19(15-22-14-17)24-18-4-6-20(7-5-18)26-10-8-25(3)9-11-26/h4-7,12,14-16,24H,8-11,13H2,1-3H3,(H,23,27). The van der Waals surface area contributed by atoms with Gasteiger partial charge in [0, 0.05) is 50.3 Å². The molecule has 0 aliphatic carbocycles. The fraction of sp³-hybridized carbons (Fsp3) is 0.429. The molecular formula is C21H29N5O. The summed E-state index contributed by atoms with van der Waals surface area (Å²) in [4.78, 5) is 21.2. The van der Waals surface area contributed by atoms with Gasteiger partial charge in [-0.3, -0.25) is 9.78 Å². The fourth-order valence-electron chi connectivity index (χ4n) is 3.02. The summed E-state index contributed by atoms with van der Waals surface area (Å²) in [6.45, 7) is 9.10. The molecule has 1 fully saturated rings. The normalized spacial score (nSPS) is 15.0. The van der Waals surface area contributed by atoms with Crippen LogP contribution in [0, 0.1) is 5.92 Å². The molecule has 0 saturated carbocycles. The molecule has 3 rings (SSSR count). The van der Waals surface area contributed by atoms with Gasteiger partial charge in [0.15, 0.2) is 0 Å². The minimum absolute atomic E-state index is 0.0923. The van der Waals surface area contributed by atoms with Crippen molar-refractivity contribution in [3.63, 3.8) is 0 Å². The number of carbonyl (C=O) groups is 1.